The van der Waals surface area contributed by atoms with Crippen molar-refractivity contribution in [1.29, 1.82) is 0 Å². The summed E-state index contributed by atoms with van der Waals surface area (Å²) in [5.74, 6) is 0.300. The number of amides is 1. The number of benzene rings is 2. The molecule has 0 aromatic heterocycles. The van der Waals surface area contributed by atoms with Crippen molar-refractivity contribution in [2.24, 2.45) is 4.99 Å². The van der Waals surface area contributed by atoms with Crippen molar-refractivity contribution < 1.29 is 14.6 Å². The number of allylic oxidation sites excluding steroid dienone is 1. The molecule has 1 aliphatic rings. The van der Waals surface area contributed by atoms with Crippen molar-refractivity contribution in [1.82, 2.24) is 5.32 Å². The number of hydrogen-bond acceptors (Lipinski definition) is 5. The SMILES string of the molecule is C=CCc1cc(C=C2SC(=Nc3ccccc3C)NC2=O)cc(OCC)c1O. The first-order valence-corrected chi connectivity index (χ1v) is 9.78. The Morgan fingerprint density at radius 3 is 2.82 bits per heavy atom. The largest absolute Gasteiger partial charge is 0.504 e. The quantitative estimate of drug-likeness (QED) is 0.549. The van der Waals surface area contributed by atoms with Crippen LogP contribution in [0.1, 0.15) is 23.6 Å². The van der Waals surface area contributed by atoms with Gasteiger partial charge in [-0.2, -0.15) is 0 Å². The Morgan fingerprint density at radius 2 is 2.11 bits per heavy atom. The number of ether oxygens (including phenoxy) is 1. The van der Waals surface area contributed by atoms with Crippen molar-refractivity contribution in [3.8, 4) is 11.5 Å². The topological polar surface area (TPSA) is 70.9 Å². The minimum absolute atomic E-state index is 0.106. The number of rotatable bonds is 6. The first kappa shape index (κ1) is 19.8. The van der Waals surface area contributed by atoms with Crippen LogP contribution in [0.15, 0.2) is 59.0 Å². The van der Waals surface area contributed by atoms with Crippen LogP contribution in [0.4, 0.5) is 5.69 Å². The summed E-state index contributed by atoms with van der Waals surface area (Å²) >= 11 is 1.29. The van der Waals surface area contributed by atoms with Gasteiger partial charge >= 0.3 is 0 Å². The van der Waals surface area contributed by atoms with E-state index in [-0.39, 0.29) is 11.7 Å². The molecule has 0 radical (unpaired) electrons. The van der Waals surface area contributed by atoms with Gasteiger partial charge in [0, 0.05) is 5.56 Å². The van der Waals surface area contributed by atoms with Crippen LogP contribution in [-0.2, 0) is 11.2 Å². The third-order valence-electron chi connectivity index (χ3n) is 4.13. The molecular weight excluding hydrogens is 372 g/mol. The van der Waals surface area contributed by atoms with Crippen LogP contribution in [-0.4, -0.2) is 22.8 Å². The van der Waals surface area contributed by atoms with Crippen LogP contribution < -0.4 is 10.1 Å². The molecule has 28 heavy (non-hydrogen) atoms. The van der Waals surface area contributed by atoms with E-state index in [0.29, 0.717) is 34.4 Å². The maximum Gasteiger partial charge on any atom is 0.264 e. The summed E-state index contributed by atoms with van der Waals surface area (Å²) < 4.78 is 5.52. The lowest BCUT2D eigenvalue weighted by molar-refractivity contribution is -0.115. The minimum atomic E-state index is -0.200. The van der Waals surface area contributed by atoms with Crippen molar-refractivity contribution in [2.45, 2.75) is 20.3 Å². The molecule has 3 rings (SSSR count). The highest BCUT2D eigenvalue weighted by molar-refractivity contribution is 8.18. The Bertz CT molecular complexity index is 980. The molecule has 2 aromatic rings. The van der Waals surface area contributed by atoms with Crippen molar-refractivity contribution >= 4 is 34.6 Å². The summed E-state index contributed by atoms with van der Waals surface area (Å²) in [6.07, 6.45) is 3.99. The first-order valence-electron chi connectivity index (χ1n) is 8.96. The number of carbonyl (C=O) groups is 1. The number of nitrogens with zero attached hydrogens (tertiary/aromatic N) is 1. The van der Waals surface area contributed by atoms with E-state index in [1.807, 2.05) is 44.2 Å². The highest BCUT2D eigenvalue weighted by Gasteiger charge is 2.24. The molecule has 1 aliphatic heterocycles. The lowest BCUT2D eigenvalue weighted by Gasteiger charge is -2.11. The average Bonchev–Trinajstić information content (AvgIpc) is 3.00. The highest BCUT2D eigenvalue weighted by atomic mass is 32.2. The number of phenols is 1. The second kappa shape index (κ2) is 8.80. The van der Waals surface area contributed by atoms with Crippen LogP contribution in [0, 0.1) is 6.92 Å². The third-order valence-corrected chi connectivity index (χ3v) is 5.04. The molecular formula is C22H22N2O3S. The standard InChI is InChI=1S/C22H22N2O3S/c1-4-8-16-11-15(12-18(20(16)25)27-5-2)13-19-21(26)24-22(28-19)23-17-10-7-6-9-14(17)3/h4,6-7,9-13,25H,1,5,8H2,2-3H3,(H,23,24,26). The second-order valence-corrected chi connectivity index (χ2v) is 7.25. The van der Waals surface area contributed by atoms with Crippen LogP contribution in [0.2, 0.25) is 0 Å². The second-order valence-electron chi connectivity index (χ2n) is 6.22. The highest BCUT2D eigenvalue weighted by Crippen LogP contribution is 2.35. The third kappa shape index (κ3) is 4.46. The fourth-order valence-corrected chi connectivity index (χ4v) is 3.61. The molecule has 5 nitrogen and oxygen atoms in total. The summed E-state index contributed by atoms with van der Waals surface area (Å²) in [4.78, 5) is 17.4. The molecule has 1 saturated heterocycles. The predicted octanol–water partition coefficient (Wildman–Crippen LogP) is 4.72. The van der Waals surface area contributed by atoms with Gasteiger partial charge in [0.2, 0.25) is 0 Å². The summed E-state index contributed by atoms with van der Waals surface area (Å²) in [7, 11) is 0. The van der Waals surface area contributed by atoms with E-state index in [2.05, 4.69) is 16.9 Å². The smallest absolute Gasteiger partial charge is 0.264 e. The zero-order valence-electron chi connectivity index (χ0n) is 15.9. The van der Waals surface area contributed by atoms with E-state index in [4.69, 9.17) is 4.74 Å². The predicted molar refractivity (Wildman–Crippen MR) is 115 cm³/mol. The number of aryl methyl sites for hydroxylation is 1. The Morgan fingerprint density at radius 1 is 1.32 bits per heavy atom. The number of aromatic hydroxyl groups is 1. The van der Waals surface area contributed by atoms with E-state index in [9.17, 15) is 9.90 Å². The first-order chi connectivity index (χ1) is 13.5. The van der Waals surface area contributed by atoms with E-state index in [1.54, 1.807) is 18.2 Å². The molecule has 2 N–H and O–H groups in total. The minimum Gasteiger partial charge on any atom is -0.504 e. The number of aliphatic imine (C=N–C) groups is 1. The Kier molecular flexibility index (Phi) is 6.21. The normalized spacial score (nSPS) is 16.4. The molecule has 0 aliphatic carbocycles. The van der Waals surface area contributed by atoms with Gasteiger partial charge in [-0.25, -0.2) is 4.99 Å². The van der Waals surface area contributed by atoms with Gasteiger partial charge in [-0.15, -0.1) is 6.58 Å². The van der Waals surface area contributed by atoms with Gasteiger partial charge in [0.15, 0.2) is 16.7 Å². The Balaban J connectivity index is 1.92. The van der Waals surface area contributed by atoms with Gasteiger partial charge in [0.25, 0.3) is 5.91 Å². The molecule has 0 bridgehead atoms. The average molecular weight is 394 g/mol. The number of para-hydroxylation sites is 1. The number of phenolic OH excluding ortho intramolecular Hbond substituents is 1. The maximum absolute atomic E-state index is 12.4. The van der Waals surface area contributed by atoms with Crippen LogP contribution >= 0.6 is 11.8 Å². The monoisotopic (exact) mass is 394 g/mol. The summed E-state index contributed by atoms with van der Waals surface area (Å²) in [6.45, 7) is 7.99. The van der Waals surface area contributed by atoms with Crippen LogP contribution in [0.5, 0.6) is 11.5 Å². The van der Waals surface area contributed by atoms with Crippen LogP contribution in [0.25, 0.3) is 6.08 Å². The van der Waals surface area contributed by atoms with E-state index >= 15 is 0 Å². The number of thioether (sulfide) groups is 1. The summed E-state index contributed by atoms with van der Waals surface area (Å²) in [6, 6.07) is 11.3. The fourth-order valence-electron chi connectivity index (χ4n) is 2.78. The zero-order chi connectivity index (χ0) is 20.1. The van der Waals surface area contributed by atoms with Crippen LogP contribution in [0.3, 0.4) is 0 Å². The van der Waals surface area contributed by atoms with E-state index < -0.39 is 0 Å². The van der Waals surface area contributed by atoms with Gasteiger partial charge in [-0.3, -0.25) is 4.79 Å². The van der Waals surface area contributed by atoms with Gasteiger partial charge in [-0.05, 0) is 67.4 Å². The lowest BCUT2D eigenvalue weighted by Crippen LogP contribution is -2.19. The zero-order valence-corrected chi connectivity index (χ0v) is 16.7. The molecule has 0 spiro atoms. The van der Waals surface area contributed by atoms with Crippen molar-refractivity contribution in [3.05, 3.63) is 70.6 Å². The molecule has 0 saturated carbocycles. The molecule has 1 fully saturated rings. The summed E-state index contributed by atoms with van der Waals surface area (Å²) in [5, 5.41) is 13.7. The molecule has 1 amide bonds. The maximum atomic E-state index is 12.4. The van der Waals surface area contributed by atoms with Gasteiger partial charge < -0.3 is 15.2 Å². The lowest BCUT2D eigenvalue weighted by atomic mass is 10.1. The van der Waals surface area contributed by atoms with Gasteiger partial charge in [0.1, 0.15) is 0 Å². The van der Waals surface area contributed by atoms with E-state index in [1.165, 1.54) is 11.8 Å². The molecule has 6 heteroatoms. The van der Waals surface area contributed by atoms with Crippen molar-refractivity contribution in [2.75, 3.05) is 6.61 Å². The molecule has 0 unspecified atom stereocenters. The van der Waals surface area contributed by atoms with Gasteiger partial charge in [0.05, 0.1) is 17.2 Å². The number of carbonyl (C=O) groups excluding carboxylic acids is 1. The molecule has 0 atom stereocenters. The Hall–Kier alpha value is -2.99. The Labute approximate surface area is 168 Å². The van der Waals surface area contributed by atoms with Crippen molar-refractivity contribution in [3.63, 3.8) is 0 Å². The van der Waals surface area contributed by atoms with E-state index in [0.717, 1.165) is 16.8 Å². The molecule has 2 aromatic carbocycles. The molecule has 144 valence electrons. The number of amidine groups is 1. The van der Waals surface area contributed by atoms with Gasteiger partial charge in [-0.1, -0.05) is 24.3 Å². The number of nitrogens with one attached hydrogen (secondary N) is 1. The number of hydrogen-bond donors (Lipinski definition) is 2. The summed E-state index contributed by atoms with van der Waals surface area (Å²) in [5.41, 5.74) is 3.33. The fraction of sp³-hybridized carbons (Fsp3) is 0.182. The molecule has 1 heterocycles.